The van der Waals surface area contributed by atoms with E-state index in [2.05, 4.69) is 65.3 Å². The molecule has 2 aromatic carbocycles. The summed E-state index contributed by atoms with van der Waals surface area (Å²) in [6.07, 6.45) is 0. The van der Waals surface area contributed by atoms with E-state index in [1.165, 1.54) is 15.4 Å². The van der Waals surface area contributed by atoms with Crippen LogP contribution in [0.4, 0.5) is 0 Å². The Morgan fingerprint density at radius 1 is 1.11 bits per heavy atom. The predicted molar refractivity (Wildman–Crippen MR) is 82.0 cm³/mol. The topological polar surface area (TPSA) is 26.0 Å². The second-order valence-corrected chi connectivity index (χ2v) is 6.28. The Hall–Kier alpha value is -0.770. The van der Waals surface area contributed by atoms with E-state index >= 15 is 0 Å². The number of rotatable bonds is 3. The van der Waals surface area contributed by atoms with Crippen molar-refractivity contribution in [3.05, 3.63) is 58.1 Å². The third-order valence-corrected chi connectivity index (χ3v) is 4.97. The Bertz CT molecular complexity index is 552. The molecule has 2 aromatic rings. The van der Waals surface area contributed by atoms with Crippen LogP contribution in [0.15, 0.2) is 56.7 Å². The van der Waals surface area contributed by atoms with E-state index < -0.39 is 0 Å². The molecule has 0 radical (unpaired) electrons. The average Bonchev–Trinajstić information content (AvgIpc) is 2.34. The maximum Gasteiger partial charge on any atom is 0.0318 e. The first kappa shape index (κ1) is 13.7. The highest BCUT2D eigenvalue weighted by Gasteiger charge is 2.07. The van der Waals surface area contributed by atoms with Gasteiger partial charge >= 0.3 is 0 Å². The molecule has 0 aliphatic heterocycles. The van der Waals surface area contributed by atoms with Crippen LogP contribution in [0.25, 0.3) is 0 Å². The van der Waals surface area contributed by atoms with Crippen LogP contribution in [0.1, 0.15) is 24.1 Å². The molecule has 1 nitrogen and oxygen atoms in total. The van der Waals surface area contributed by atoms with Crippen molar-refractivity contribution < 1.29 is 0 Å². The zero-order chi connectivity index (χ0) is 13.1. The molecule has 0 heterocycles. The summed E-state index contributed by atoms with van der Waals surface area (Å²) in [7, 11) is 0. The first-order chi connectivity index (χ1) is 8.58. The molecule has 18 heavy (non-hydrogen) atoms. The number of hydrogen-bond acceptors (Lipinski definition) is 2. The standard InChI is InChI=1S/C15H16BrNS/c1-10-5-3-4-6-14(10)18-15-8-7-12(11(2)17)9-13(15)16/h3-9,11H,17H2,1-2H3. The number of halogens is 1. The highest BCUT2D eigenvalue weighted by atomic mass is 79.9. The van der Waals surface area contributed by atoms with Crippen LogP contribution in [0.2, 0.25) is 0 Å². The minimum atomic E-state index is 0.0683. The molecule has 0 amide bonds. The van der Waals surface area contributed by atoms with Crippen molar-refractivity contribution in [2.24, 2.45) is 5.73 Å². The average molecular weight is 322 g/mol. The van der Waals surface area contributed by atoms with Crippen LogP contribution < -0.4 is 5.73 Å². The number of benzene rings is 2. The quantitative estimate of drug-likeness (QED) is 0.867. The van der Waals surface area contributed by atoms with Gasteiger partial charge in [-0.1, -0.05) is 36.0 Å². The zero-order valence-electron chi connectivity index (χ0n) is 10.5. The molecule has 0 saturated heterocycles. The van der Waals surface area contributed by atoms with Gasteiger partial charge in [-0.3, -0.25) is 0 Å². The molecule has 2 rings (SSSR count). The summed E-state index contributed by atoms with van der Waals surface area (Å²) < 4.78 is 1.10. The van der Waals surface area contributed by atoms with Gasteiger partial charge in [-0.15, -0.1) is 0 Å². The van der Waals surface area contributed by atoms with E-state index in [0.717, 1.165) is 10.0 Å². The lowest BCUT2D eigenvalue weighted by molar-refractivity contribution is 0.815. The van der Waals surface area contributed by atoms with Crippen LogP contribution in [0, 0.1) is 6.92 Å². The molecule has 94 valence electrons. The van der Waals surface area contributed by atoms with Crippen LogP contribution in [0.5, 0.6) is 0 Å². The highest BCUT2D eigenvalue weighted by Crippen LogP contribution is 2.36. The molecular formula is C15H16BrNS. The molecule has 3 heteroatoms. The fraction of sp³-hybridized carbons (Fsp3) is 0.200. The van der Waals surface area contributed by atoms with Gasteiger partial charge in [0.1, 0.15) is 0 Å². The fourth-order valence-corrected chi connectivity index (χ4v) is 3.22. The maximum absolute atomic E-state index is 5.88. The van der Waals surface area contributed by atoms with Crippen LogP contribution >= 0.6 is 27.7 Å². The first-order valence-electron chi connectivity index (χ1n) is 5.86. The SMILES string of the molecule is Cc1ccccc1Sc1ccc(C(C)N)cc1Br. The van der Waals surface area contributed by atoms with Crippen molar-refractivity contribution >= 4 is 27.7 Å². The zero-order valence-corrected chi connectivity index (χ0v) is 12.9. The second kappa shape index (κ2) is 5.91. The minimum Gasteiger partial charge on any atom is -0.324 e. The summed E-state index contributed by atoms with van der Waals surface area (Å²) in [5.74, 6) is 0. The highest BCUT2D eigenvalue weighted by molar-refractivity contribution is 9.10. The smallest absolute Gasteiger partial charge is 0.0318 e. The van der Waals surface area contributed by atoms with Gasteiger partial charge in [0, 0.05) is 20.3 Å². The van der Waals surface area contributed by atoms with Gasteiger partial charge in [-0.25, -0.2) is 0 Å². The van der Waals surface area contributed by atoms with E-state index in [4.69, 9.17) is 5.73 Å². The molecule has 0 aliphatic carbocycles. The largest absolute Gasteiger partial charge is 0.324 e. The Kier molecular flexibility index (Phi) is 4.49. The molecule has 0 aliphatic rings. The first-order valence-corrected chi connectivity index (χ1v) is 7.47. The number of nitrogens with two attached hydrogens (primary N) is 1. The lowest BCUT2D eigenvalue weighted by Gasteiger charge is -2.10. The monoisotopic (exact) mass is 321 g/mol. The Balaban J connectivity index is 2.28. The maximum atomic E-state index is 5.88. The fourth-order valence-electron chi connectivity index (χ4n) is 1.67. The van der Waals surface area contributed by atoms with Crippen LogP contribution in [-0.2, 0) is 0 Å². The minimum absolute atomic E-state index is 0.0683. The third kappa shape index (κ3) is 3.16. The van der Waals surface area contributed by atoms with Gasteiger partial charge in [-0.2, -0.15) is 0 Å². The van der Waals surface area contributed by atoms with Crippen LogP contribution in [-0.4, -0.2) is 0 Å². The van der Waals surface area contributed by atoms with Crippen molar-refractivity contribution in [2.75, 3.05) is 0 Å². The summed E-state index contributed by atoms with van der Waals surface area (Å²) in [4.78, 5) is 2.50. The van der Waals surface area contributed by atoms with E-state index in [-0.39, 0.29) is 6.04 Å². The van der Waals surface area contributed by atoms with E-state index in [1.54, 1.807) is 11.8 Å². The molecule has 2 N–H and O–H groups in total. The number of aryl methyl sites for hydroxylation is 1. The molecule has 0 saturated carbocycles. The lowest BCUT2D eigenvalue weighted by Crippen LogP contribution is -2.04. The van der Waals surface area contributed by atoms with Crippen LogP contribution in [0.3, 0.4) is 0 Å². The molecule has 1 atom stereocenters. The summed E-state index contributed by atoms with van der Waals surface area (Å²) >= 11 is 5.39. The third-order valence-electron chi connectivity index (χ3n) is 2.80. The Morgan fingerprint density at radius 3 is 2.44 bits per heavy atom. The van der Waals surface area contributed by atoms with E-state index in [1.807, 2.05) is 6.92 Å². The van der Waals surface area contributed by atoms with Crippen molar-refractivity contribution in [3.8, 4) is 0 Å². The predicted octanol–water partition coefficient (Wildman–Crippen LogP) is 4.93. The number of hydrogen-bond donors (Lipinski definition) is 1. The summed E-state index contributed by atoms with van der Waals surface area (Å²) in [6, 6.07) is 14.8. The van der Waals surface area contributed by atoms with Gasteiger partial charge in [0.25, 0.3) is 0 Å². The molecule has 1 unspecified atom stereocenters. The molecule has 0 bridgehead atoms. The lowest BCUT2D eigenvalue weighted by atomic mass is 10.1. The molecule has 0 aromatic heterocycles. The summed E-state index contributed by atoms with van der Waals surface area (Å²) in [5, 5.41) is 0. The molecular weight excluding hydrogens is 306 g/mol. The van der Waals surface area contributed by atoms with Gasteiger partial charge < -0.3 is 5.73 Å². The van der Waals surface area contributed by atoms with Gasteiger partial charge in [-0.05, 0) is 59.1 Å². The summed E-state index contributed by atoms with van der Waals surface area (Å²) in [5.41, 5.74) is 8.33. The summed E-state index contributed by atoms with van der Waals surface area (Å²) in [6.45, 7) is 4.13. The normalized spacial score (nSPS) is 12.4. The van der Waals surface area contributed by atoms with E-state index in [0.29, 0.717) is 0 Å². The second-order valence-electron chi connectivity index (χ2n) is 4.35. The van der Waals surface area contributed by atoms with Gasteiger partial charge in [0.2, 0.25) is 0 Å². The molecule has 0 fully saturated rings. The van der Waals surface area contributed by atoms with Gasteiger partial charge in [0.05, 0.1) is 0 Å². The van der Waals surface area contributed by atoms with Crippen molar-refractivity contribution in [2.45, 2.75) is 29.7 Å². The van der Waals surface area contributed by atoms with Crippen molar-refractivity contribution in [1.82, 2.24) is 0 Å². The van der Waals surface area contributed by atoms with Crippen molar-refractivity contribution in [1.29, 1.82) is 0 Å². The van der Waals surface area contributed by atoms with Gasteiger partial charge in [0.15, 0.2) is 0 Å². The Labute approximate surface area is 121 Å². The van der Waals surface area contributed by atoms with E-state index in [9.17, 15) is 0 Å². The molecule has 0 spiro atoms. The Morgan fingerprint density at radius 2 is 1.83 bits per heavy atom. The van der Waals surface area contributed by atoms with Crippen molar-refractivity contribution in [3.63, 3.8) is 0 Å².